The van der Waals surface area contributed by atoms with E-state index >= 15 is 0 Å². The van der Waals surface area contributed by atoms with Gasteiger partial charge in [0, 0.05) is 12.1 Å². The molecule has 8 heteroatoms. The molecule has 0 saturated heterocycles. The molecule has 1 N–H and O–H groups in total. The second-order valence-corrected chi connectivity index (χ2v) is 9.33. The minimum Gasteiger partial charge on any atom is -0.352 e. The van der Waals surface area contributed by atoms with E-state index in [-0.39, 0.29) is 12.5 Å². The lowest BCUT2D eigenvalue weighted by atomic mass is 10.1. The van der Waals surface area contributed by atoms with E-state index < -0.39 is 10.0 Å². The van der Waals surface area contributed by atoms with Crippen molar-refractivity contribution < 1.29 is 13.2 Å². The topological polar surface area (TPSA) is 66.5 Å². The molecule has 0 radical (unpaired) electrons. The first-order valence-corrected chi connectivity index (χ1v) is 11.0. The van der Waals surface area contributed by atoms with Gasteiger partial charge in [-0.25, -0.2) is 8.42 Å². The molecule has 0 aliphatic rings. The average Bonchev–Trinajstić information content (AvgIpc) is 2.60. The van der Waals surface area contributed by atoms with E-state index in [4.69, 9.17) is 23.2 Å². The molecule has 2 aromatic rings. The van der Waals surface area contributed by atoms with Crippen molar-refractivity contribution in [2.24, 2.45) is 5.92 Å². The highest BCUT2D eigenvalue weighted by Crippen LogP contribution is 2.29. The van der Waals surface area contributed by atoms with Gasteiger partial charge in [-0.1, -0.05) is 49.2 Å². The van der Waals surface area contributed by atoms with Crippen LogP contribution in [0.25, 0.3) is 0 Å². The van der Waals surface area contributed by atoms with Crippen molar-refractivity contribution in [2.45, 2.75) is 20.4 Å². The van der Waals surface area contributed by atoms with Crippen molar-refractivity contribution in [1.82, 2.24) is 5.32 Å². The molecule has 1 amide bonds. The van der Waals surface area contributed by atoms with E-state index in [1.165, 1.54) is 4.31 Å². The Morgan fingerprint density at radius 3 is 2.30 bits per heavy atom. The van der Waals surface area contributed by atoms with Crippen LogP contribution in [0.5, 0.6) is 0 Å². The molecule has 0 aromatic heterocycles. The van der Waals surface area contributed by atoms with Gasteiger partial charge in [0.1, 0.15) is 0 Å². The van der Waals surface area contributed by atoms with Gasteiger partial charge >= 0.3 is 0 Å². The Bertz CT molecular complexity index is 913. The molecule has 2 rings (SSSR count). The van der Waals surface area contributed by atoms with Crippen molar-refractivity contribution in [2.75, 3.05) is 17.1 Å². The van der Waals surface area contributed by atoms with Crippen LogP contribution in [-0.4, -0.2) is 27.1 Å². The Kier molecular flexibility index (Phi) is 7.14. The third-order valence-electron chi connectivity index (χ3n) is 3.83. The summed E-state index contributed by atoms with van der Waals surface area (Å²) in [5, 5.41) is 3.51. The number of carbonyl (C=O) groups excluding carboxylic acids is 1. The van der Waals surface area contributed by atoms with Crippen LogP contribution >= 0.6 is 23.2 Å². The zero-order chi connectivity index (χ0) is 20.2. The zero-order valence-electron chi connectivity index (χ0n) is 15.4. The summed E-state index contributed by atoms with van der Waals surface area (Å²) < 4.78 is 25.8. The summed E-state index contributed by atoms with van der Waals surface area (Å²) in [6, 6.07) is 11.5. The molecule has 0 atom stereocenters. The van der Waals surface area contributed by atoms with Gasteiger partial charge in [0.05, 0.1) is 28.5 Å². The van der Waals surface area contributed by atoms with Gasteiger partial charge in [0.2, 0.25) is 10.0 Å². The van der Waals surface area contributed by atoms with E-state index in [2.05, 4.69) is 5.32 Å². The summed E-state index contributed by atoms with van der Waals surface area (Å²) in [7, 11) is -3.57. The SMILES string of the molecule is CC(C)CNC(=O)c1ccc(N(Cc2cccc(Cl)c2Cl)S(C)(=O)=O)cc1. The number of hydrogen-bond acceptors (Lipinski definition) is 3. The van der Waals surface area contributed by atoms with Gasteiger partial charge < -0.3 is 5.32 Å². The Morgan fingerprint density at radius 2 is 1.74 bits per heavy atom. The van der Waals surface area contributed by atoms with Gasteiger partial charge in [-0.15, -0.1) is 0 Å². The first-order valence-electron chi connectivity index (χ1n) is 8.38. The summed E-state index contributed by atoms with van der Waals surface area (Å²) in [5.41, 5.74) is 1.50. The second-order valence-electron chi connectivity index (χ2n) is 6.63. The predicted molar refractivity (Wildman–Crippen MR) is 111 cm³/mol. The lowest BCUT2D eigenvalue weighted by Gasteiger charge is -2.23. The van der Waals surface area contributed by atoms with Crippen LogP contribution < -0.4 is 9.62 Å². The number of nitrogens with zero attached hydrogens (tertiary/aromatic N) is 1. The van der Waals surface area contributed by atoms with E-state index in [1.807, 2.05) is 13.8 Å². The molecule has 0 heterocycles. The monoisotopic (exact) mass is 428 g/mol. The fourth-order valence-corrected chi connectivity index (χ4v) is 3.66. The largest absolute Gasteiger partial charge is 0.352 e. The maximum Gasteiger partial charge on any atom is 0.251 e. The third kappa shape index (κ3) is 5.86. The number of hydrogen-bond donors (Lipinski definition) is 1. The maximum atomic E-state index is 12.3. The highest BCUT2D eigenvalue weighted by molar-refractivity contribution is 7.92. The molecule has 0 unspecified atom stereocenters. The first kappa shape index (κ1) is 21.5. The summed E-state index contributed by atoms with van der Waals surface area (Å²) in [5.74, 6) is 0.149. The van der Waals surface area contributed by atoms with E-state index in [9.17, 15) is 13.2 Å². The highest BCUT2D eigenvalue weighted by Gasteiger charge is 2.20. The fraction of sp³-hybridized carbons (Fsp3) is 0.316. The normalized spacial score (nSPS) is 11.5. The Morgan fingerprint density at radius 1 is 1.11 bits per heavy atom. The van der Waals surface area contributed by atoms with Crippen LogP contribution in [0.4, 0.5) is 5.69 Å². The van der Waals surface area contributed by atoms with Crippen LogP contribution in [0, 0.1) is 5.92 Å². The maximum absolute atomic E-state index is 12.3. The van der Waals surface area contributed by atoms with Gasteiger partial charge in [0.15, 0.2) is 0 Å². The quantitative estimate of drug-likeness (QED) is 0.712. The van der Waals surface area contributed by atoms with Crippen molar-refractivity contribution in [3.8, 4) is 0 Å². The van der Waals surface area contributed by atoms with Crippen LogP contribution in [-0.2, 0) is 16.6 Å². The minimum atomic E-state index is -3.57. The smallest absolute Gasteiger partial charge is 0.251 e. The molecule has 0 aliphatic heterocycles. The fourth-order valence-electron chi connectivity index (χ4n) is 2.40. The first-order chi connectivity index (χ1) is 12.6. The number of sulfonamides is 1. The molecule has 0 fully saturated rings. The van der Waals surface area contributed by atoms with Gasteiger partial charge in [-0.3, -0.25) is 9.10 Å². The van der Waals surface area contributed by atoms with Crippen LogP contribution in [0.3, 0.4) is 0 Å². The predicted octanol–water partition coefficient (Wildman–Crippen LogP) is 4.35. The zero-order valence-corrected chi connectivity index (χ0v) is 17.7. The molecule has 0 saturated carbocycles. The van der Waals surface area contributed by atoms with Crippen LogP contribution in [0.2, 0.25) is 10.0 Å². The minimum absolute atomic E-state index is 0.0388. The number of halogens is 2. The molecule has 0 aliphatic carbocycles. The van der Waals surface area contributed by atoms with E-state index in [1.54, 1.807) is 42.5 Å². The summed E-state index contributed by atoms with van der Waals surface area (Å²) in [6.07, 6.45) is 1.12. The summed E-state index contributed by atoms with van der Waals surface area (Å²) in [4.78, 5) is 12.1. The Balaban J connectivity index is 2.27. The molecule has 0 spiro atoms. The van der Waals surface area contributed by atoms with Gasteiger partial charge in [0.25, 0.3) is 5.91 Å². The summed E-state index contributed by atoms with van der Waals surface area (Å²) in [6.45, 7) is 4.63. The Hall–Kier alpha value is -1.76. The van der Waals surface area contributed by atoms with Crippen molar-refractivity contribution >= 4 is 44.8 Å². The molecule has 146 valence electrons. The number of amides is 1. The summed E-state index contributed by atoms with van der Waals surface area (Å²) >= 11 is 12.2. The molecule has 5 nitrogen and oxygen atoms in total. The average molecular weight is 429 g/mol. The van der Waals surface area contributed by atoms with Crippen molar-refractivity contribution in [3.63, 3.8) is 0 Å². The van der Waals surface area contributed by atoms with Crippen molar-refractivity contribution in [1.29, 1.82) is 0 Å². The molecular formula is C19H22Cl2N2O3S. The number of carbonyl (C=O) groups is 1. The number of benzene rings is 2. The number of anilines is 1. The lowest BCUT2D eigenvalue weighted by Crippen LogP contribution is -2.30. The van der Waals surface area contributed by atoms with Crippen LogP contribution in [0.15, 0.2) is 42.5 Å². The molecule has 0 bridgehead atoms. The standard InChI is InChI=1S/C19H22Cl2N2O3S/c1-13(2)11-22-19(24)14-7-9-16(10-8-14)23(27(3,25)26)12-15-5-4-6-17(20)18(15)21/h4-10,13H,11-12H2,1-3H3,(H,22,24). The van der Waals surface area contributed by atoms with E-state index in [0.29, 0.717) is 39.3 Å². The van der Waals surface area contributed by atoms with Gasteiger partial charge in [-0.2, -0.15) is 0 Å². The van der Waals surface area contributed by atoms with Gasteiger partial charge in [-0.05, 0) is 41.8 Å². The molecule has 27 heavy (non-hydrogen) atoms. The number of nitrogens with one attached hydrogen (secondary N) is 1. The third-order valence-corrected chi connectivity index (χ3v) is 5.83. The molecule has 2 aromatic carbocycles. The molecular weight excluding hydrogens is 407 g/mol. The van der Waals surface area contributed by atoms with Crippen molar-refractivity contribution in [3.05, 3.63) is 63.6 Å². The number of rotatable bonds is 7. The Labute approximate surface area is 170 Å². The lowest BCUT2D eigenvalue weighted by molar-refractivity contribution is 0.0949. The van der Waals surface area contributed by atoms with E-state index in [0.717, 1.165) is 6.26 Å². The second kappa shape index (κ2) is 8.95. The van der Waals surface area contributed by atoms with Crippen LogP contribution in [0.1, 0.15) is 29.8 Å². The highest BCUT2D eigenvalue weighted by atomic mass is 35.5.